The third-order valence-corrected chi connectivity index (χ3v) is 3.90. The van der Waals surface area contributed by atoms with Crippen LogP contribution in [0.5, 0.6) is 11.5 Å². The molecule has 1 heterocycles. The van der Waals surface area contributed by atoms with Crippen LogP contribution in [0.1, 0.15) is 24.0 Å². The minimum absolute atomic E-state index is 0.216. The molecule has 0 bridgehead atoms. The number of hydrogen-bond acceptors (Lipinski definition) is 4. The molecule has 0 fully saturated rings. The van der Waals surface area contributed by atoms with Crippen molar-refractivity contribution >= 4 is 5.97 Å². The van der Waals surface area contributed by atoms with Crippen molar-refractivity contribution < 1.29 is 14.3 Å². The Balaban J connectivity index is 1.41. The lowest BCUT2D eigenvalue weighted by Crippen LogP contribution is -2.08. The molecule has 132 valence electrons. The largest absolute Gasteiger partial charge is 0.489 e. The van der Waals surface area contributed by atoms with E-state index in [-0.39, 0.29) is 5.97 Å². The van der Waals surface area contributed by atoms with E-state index in [1.165, 1.54) is 5.56 Å². The summed E-state index contributed by atoms with van der Waals surface area (Å²) in [6.45, 7) is 0.473. The summed E-state index contributed by atoms with van der Waals surface area (Å²) in [5.41, 5.74) is 2.28. The average Bonchev–Trinajstić information content (AvgIpc) is 2.69. The van der Waals surface area contributed by atoms with E-state index in [9.17, 15) is 4.79 Å². The van der Waals surface area contributed by atoms with E-state index >= 15 is 0 Å². The normalized spacial score (nSPS) is 10.3. The van der Waals surface area contributed by atoms with Gasteiger partial charge in [-0.05, 0) is 60.4 Å². The minimum Gasteiger partial charge on any atom is -0.489 e. The zero-order valence-corrected chi connectivity index (χ0v) is 14.5. The number of carbonyl (C=O) groups excluding carboxylic acids is 1. The first-order valence-electron chi connectivity index (χ1n) is 8.66. The van der Waals surface area contributed by atoms with Crippen LogP contribution in [-0.2, 0) is 17.8 Å². The zero-order chi connectivity index (χ0) is 18.0. The molecule has 0 unspecified atom stereocenters. The van der Waals surface area contributed by atoms with Gasteiger partial charge in [-0.15, -0.1) is 0 Å². The van der Waals surface area contributed by atoms with Crippen LogP contribution in [0.4, 0.5) is 0 Å². The molecule has 1 aromatic heterocycles. The number of rotatable bonds is 8. The van der Waals surface area contributed by atoms with Crippen LogP contribution < -0.4 is 9.47 Å². The van der Waals surface area contributed by atoms with Crippen molar-refractivity contribution in [1.82, 2.24) is 4.98 Å². The molecule has 0 aliphatic rings. The van der Waals surface area contributed by atoms with Gasteiger partial charge in [0, 0.05) is 18.8 Å². The standard InChI is InChI=1S/C22H21NO3/c24-22(8-4-7-18-5-2-1-3-6-18)26-21-11-9-20(10-12-21)25-17-19-13-15-23-16-14-19/h1-3,5-6,9-16H,4,7-8,17H2. The molecule has 4 heteroatoms. The van der Waals surface area contributed by atoms with Gasteiger partial charge in [-0.3, -0.25) is 9.78 Å². The quantitative estimate of drug-likeness (QED) is 0.442. The zero-order valence-electron chi connectivity index (χ0n) is 14.5. The van der Waals surface area contributed by atoms with Gasteiger partial charge in [-0.2, -0.15) is 0 Å². The molecule has 0 aliphatic heterocycles. The van der Waals surface area contributed by atoms with Crippen molar-refractivity contribution in [3.05, 3.63) is 90.3 Å². The molecule has 3 aromatic rings. The second-order valence-corrected chi connectivity index (χ2v) is 5.93. The number of aromatic nitrogens is 1. The Hall–Kier alpha value is -3.14. The Morgan fingerprint density at radius 3 is 2.23 bits per heavy atom. The molecule has 0 N–H and O–H groups in total. The molecular formula is C22H21NO3. The third kappa shape index (κ3) is 5.74. The highest BCUT2D eigenvalue weighted by molar-refractivity contribution is 5.72. The first-order chi connectivity index (χ1) is 12.8. The maximum Gasteiger partial charge on any atom is 0.311 e. The molecular weight excluding hydrogens is 326 g/mol. The van der Waals surface area contributed by atoms with Gasteiger partial charge in [0.05, 0.1) is 0 Å². The monoisotopic (exact) mass is 347 g/mol. The smallest absolute Gasteiger partial charge is 0.311 e. The molecule has 0 aliphatic carbocycles. The van der Waals surface area contributed by atoms with Gasteiger partial charge in [-0.1, -0.05) is 30.3 Å². The number of benzene rings is 2. The number of pyridine rings is 1. The van der Waals surface area contributed by atoms with Crippen molar-refractivity contribution in [1.29, 1.82) is 0 Å². The van der Waals surface area contributed by atoms with Crippen LogP contribution >= 0.6 is 0 Å². The van der Waals surface area contributed by atoms with E-state index < -0.39 is 0 Å². The lowest BCUT2D eigenvalue weighted by molar-refractivity contribution is -0.134. The van der Waals surface area contributed by atoms with Crippen LogP contribution in [0.25, 0.3) is 0 Å². The molecule has 4 nitrogen and oxygen atoms in total. The van der Waals surface area contributed by atoms with E-state index in [0.29, 0.717) is 18.8 Å². The lowest BCUT2D eigenvalue weighted by Gasteiger charge is -2.08. The van der Waals surface area contributed by atoms with Crippen LogP contribution in [-0.4, -0.2) is 11.0 Å². The molecule has 0 saturated carbocycles. The highest BCUT2D eigenvalue weighted by Gasteiger charge is 2.05. The fraction of sp³-hybridized carbons (Fsp3) is 0.182. The van der Waals surface area contributed by atoms with Crippen LogP contribution in [0.3, 0.4) is 0 Å². The van der Waals surface area contributed by atoms with Gasteiger partial charge in [0.2, 0.25) is 0 Å². The molecule has 2 aromatic carbocycles. The van der Waals surface area contributed by atoms with Crippen molar-refractivity contribution in [2.24, 2.45) is 0 Å². The first-order valence-corrected chi connectivity index (χ1v) is 8.66. The summed E-state index contributed by atoms with van der Waals surface area (Å²) in [5.74, 6) is 1.04. The van der Waals surface area contributed by atoms with Crippen molar-refractivity contribution in [2.45, 2.75) is 25.9 Å². The fourth-order valence-electron chi connectivity index (χ4n) is 2.51. The number of esters is 1. The average molecular weight is 347 g/mol. The van der Waals surface area contributed by atoms with Gasteiger partial charge >= 0.3 is 5.97 Å². The minimum atomic E-state index is -0.216. The van der Waals surface area contributed by atoms with Crippen molar-refractivity contribution in [3.8, 4) is 11.5 Å². The summed E-state index contributed by atoms with van der Waals surface area (Å²) in [6, 6.07) is 21.0. The molecule has 0 saturated heterocycles. The molecule has 3 rings (SSSR count). The lowest BCUT2D eigenvalue weighted by atomic mass is 10.1. The summed E-state index contributed by atoms with van der Waals surface area (Å²) in [7, 11) is 0. The highest BCUT2D eigenvalue weighted by Crippen LogP contribution is 2.19. The Bertz CT molecular complexity index is 802. The number of hydrogen-bond donors (Lipinski definition) is 0. The molecule has 0 amide bonds. The van der Waals surface area contributed by atoms with E-state index in [2.05, 4.69) is 17.1 Å². The second kappa shape index (κ2) is 9.37. The summed E-state index contributed by atoms with van der Waals surface area (Å²) in [5, 5.41) is 0. The van der Waals surface area contributed by atoms with E-state index in [1.807, 2.05) is 30.3 Å². The fourth-order valence-corrected chi connectivity index (χ4v) is 2.51. The SMILES string of the molecule is O=C(CCCc1ccccc1)Oc1ccc(OCc2ccncc2)cc1. The van der Waals surface area contributed by atoms with Crippen molar-refractivity contribution in [2.75, 3.05) is 0 Å². The number of nitrogens with zero attached hydrogens (tertiary/aromatic N) is 1. The van der Waals surface area contributed by atoms with Gasteiger partial charge in [0.25, 0.3) is 0 Å². The van der Waals surface area contributed by atoms with E-state index in [1.54, 1.807) is 36.7 Å². The summed E-state index contributed by atoms with van der Waals surface area (Å²) in [6.07, 6.45) is 5.51. The van der Waals surface area contributed by atoms with Crippen LogP contribution in [0, 0.1) is 0 Å². The highest BCUT2D eigenvalue weighted by atomic mass is 16.5. The summed E-state index contributed by atoms with van der Waals surface area (Å²) < 4.78 is 11.1. The topological polar surface area (TPSA) is 48.4 Å². The van der Waals surface area contributed by atoms with E-state index in [4.69, 9.17) is 9.47 Å². The Labute approximate surface area is 153 Å². The maximum atomic E-state index is 11.9. The van der Waals surface area contributed by atoms with Gasteiger partial charge < -0.3 is 9.47 Å². The molecule has 0 spiro atoms. The Morgan fingerprint density at radius 1 is 0.808 bits per heavy atom. The van der Waals surface area contributed by atoms with Crippen LogP contribution in [0.15, 0.2) is 79.1 Å². The van der Waals surface area contributed by atoms with Crippen LogP contribution in [0.2, 0.25) is 0 Å². The second-order valence-electron chi connectivity index (χ2n) is 5.93. The molecule has 26 heavy (non-hydrogen) atoms. The van der Waals surface area contributed by atoms with Gasteiger partial charge in [0.15, 0.2) is 0 Å². The summed E-state index contributed by atoms with van der Waals surface area (Å²) in [4.78, 5) is 15.9. The van der Waals surface area contributed by atoms with Gasteiger partial charge in [-0.25, -0.2) is 0 Å². The molecule has 0 radical (unpaired) electrons. The van der Waals surface area contributed by atoms with E-state index in [0.717, 1.165) is 24.2 Å². The number of aryl methyl sites for hydroxylation is 1. The first kappa shape index (κ1) is 17.7. The van der Waals surface area contributed by atoms with Crippen molar-refractivity contribution in [3.63, 3.8) is 0 Å². The van der Waals surface area contributed by atoms with Gasteiger partial charge in [0.1, 0.15) is 18.1 Å². The number of carbonyl (C=O) groups is 1. The Morgan fingerprint density at radius 2 is 1.50 bits per heavy atom. The predicted octanol–water partition coefficient (Wildman–Crippen LogP) is 4.59. The third-order valence-electron chi connectivity index (χ3n) is 3.90. The maximum absolute atomic E-state index is 11.9. The Kier molecular flexibility index (Phi) is 6.37. The molecule has 0 atom stereocenters. The number of ether oxygens (including phenoxy) is 2. The predicted molar refractivity (Wildman–Crippen MR) is 100 cm³/mol. The summed E-state index contributed by atoms with van der Waals surface area (Å²) >= 11 is 0.